The highest BCUT2D eigenvalue weighted by Gasteiger charge is 2.05. The molecule has 0 spiro atoms. The number of rotatable bonds is 5. The van der Waals surface area contributed by atoms with Gasteiger partial charge in [-0.25, -0.2) is 0 Å². The molecule has 18 heavy (non-hydrogen) atoms. The third-order valence-corrected chi connectivity index (χ3v) is 2.98. The number of esters is 1. The SMILES string of the molecule is O=C(CCCCCl)Oc1ccc2ccccc2c1. The van der Waals surface area contributed by atoms with E-state index in [2.05, 4.69) is 0 Å². The Morgan fingerprint density at radius 3 is 2.61 bits per heavy atom. The lowest BCUT2D eigenvalue weighted by molar-refractivity contribution is -0.134. The fourth-order valence-corrected chi connectivity index (χ4v) is 1.97. The van der Waals surface area contributed by atoms with Gasteiger partial charge in [0, 0.05) is 12.3 Å². The topological polar surface area (TPSA) is 26.3 Å². The highest BCUT2D eigenvalue weighted by atomic mass is 35.5. The number of unbranched alkanes of at least 4 members (excludes halogenated alkanes) is 1. The second-order valence-corrected chi connectivity index (χ2v) is 4.51. The minimum atomic E-state index is -0.199. The Hall–Kier alpha value is -1.54. The molecule has 2 aromatic rings. The van der Waals surface area contributed by atoms with Crippen LogP contribution in [0, 0.1) is 0 Å². The molecule has 2 nitrogen and oxygen atoms in total. The van der Waals surface area contributed by atoms with Crippen molar-refractivity contribution in [2.24, 2.45) is 0 Å². The van der Waals surface area contributed by atoms with Crippen LogP contribution in [-0.2, 0) is 4.79 Å². The molecule has 0 heterocycles. The minimum Gasteiger partial charge on any atom is -0.427 e. The maximum Gasteiger partial charge on any atom is 0.311 e. The summed E-state index contributed by atoms with van der Waals surface area (Å²) >= 11 is 5.56. The highest BCUT2D eigenvalue weighted by molar-refractivity contribution is 6.17. The Morgan fingerprint density at radius 2 is 1.83 bits per heavy atom. The van der Waals surface area contributed by atoms with Gasteiger partial charge < -0.3 is 4.74 Å². The molecule has 0 amide bonds. The Balaban J connectivity index is 2.01. The van der Waals surface area contributed by atoms with E-state index in [4.69, 9.17) is 16.3 Å². The van der Waals surface area contributed by atoms with Crippen LogP contribution in [0.5, 0.6) is 5.75 Å². The predicted octanol–water partition coefficient (Wildman–Crippen LogP) is 4.15. The van der Waals surface area contributed by atoms with Gasteiger partial charge in [0.1, 0.15) is 5.75 Å². The molecule has 0 unspecified atom stereocenters. The summed E-state index contributed by atoms with van der Waals surface area (Å²) in [5.74, 6) is 0.989. The Kier molecular flexibility index (Phi) is 4.59. The van der Waals surface area contributed by atoms with Crippen molar-refractivity contribution < 1.29 is 9.53 Å². The van der Waals surface area contributed by atoms with Gasteiger partial charge in [-0.15, -0.1) is 11.6 Å². The standard InChI is InChI=1S/C15H15ClO2/c16-10-4-3-7-15(17)18-14-9-8-12-5-1-2-6-13(12)11-14/h1-2,5-6,8-9,11H,3-4,7,10H2. The summed E-state index contributed by atoms with van der Waals surface area (Å²) in [5, 5.41) is 2.21. The molecule has 0 saturated heterocycles. The first-order chi connectivity index (χ1) is 8.79. The molecule has 2 aromatic carbocycles. The van der Waals surface area contributed by atoms with Gasteiger partial charge >= 0.3 is 5.97 Å². The Morgan fingerprint density at radius 1 is 1.06 bits per heavy atom. The number of hydrogen-bond donors (Lipinski definition) is 0. The third kappa shape index (κ3) is 3.47. The zero-order valence-electron chi connectivity index (χ0n) is 10.1. The molecule has 0 aliphatic rings. The van der Waals surface area contributed by atoms with Gasteiger partial charge in [-0.1, -0.05) is 30.3 Å². The summed E-state index contributed by atoms with van der Waals surface area (Å²) in [6.45, 7) is 0. The Bertz CT molecular complexity index is 537. The average molecular weight is 263 g/mol. The van der Waals surface area contributed by atoms with Crippen LogP contribution in [0.2, 0.25) is 0 Å². The van der Waals surface area contributed by atoms with Crippen molar-refractivity contribution in [1.29, 1.82) is 0 Å². The summed E-state index contributed by atoms with van der Waals surface area (Å²) in [7, 11) is 0. The van der Waals surface area contributed by atoms with Gasteiger partial charge in [0.2, 0.25) is 0 Å². The number of alkyl halides is 1. The lowest BCUT2D eigenvalue weighted by Crippen LogP contribution is -2.07. The monoisotopic (exact) mass is 262 g/mol. The summed E-state index contributed by atoms with van der Waals surface area (Å²) in [6.07, 6.45) is 2.03. The number of carbonyl (C=O) groups excluding carboxylic acids is 1. The van der Waals surface area contributed by atoms with E-state index in [0.29, 0.717) is 18.1 Å². The molecule has 0 atom stereocenters. The fourth-order valence-electron chi connectivity index (χ4n) is 1.78. The van der Waals surface area contributed by atoms with E-state index in [1.54, 1.807) is 0 Å². The Labute approximate surface area is 112 Å². The quantitative estimate of drug-likeness (QED) is 0.350. The van der Waals surface area contributed by atoms with Gasteiger partial charge in [-0.3, -0.25) is 4.79 Å². The van der Waals surface area contributed by atoms with E-state index in [0.717, 1.165) is 23.6 Å². The second kappa shape index (κ2) is 6.41. The van der Waals surface area contributed by atoms with Crippen LogP contribution >= 0.6 is 11.6 Å². The second-order valence-electron chi connectivity index (χ2n) is 4.13. The van der Waals surface area contributed by atoms with E-state index in [-0.39, 0.29) is 5.97 Å². The summed E-state index contributed by atoms with van der Waals surface area (Å²) in [6, 6.07) is 13.6. The summed E-state index contributed by atoms with van der Waals surface area (Å²) in [5.41, 5.74) is 0. The lowest BCUT2D eigenvalue weighted by atomic mass is 10.1. The van der Waals surface area contributed by atoms with E-state index in [1.165, 1.54) is 0 Å². The molecule has 0 aliphatic carbocycles. The number of ether oxygens (including phenoxy) is 1. The molecular weight excluding hydrogens is 248 g/mol. The zero-order chi connectivity index (χ0) is 12.8. The minimum absolute atomic E-state index is 0.199. The van der Waals surface area contributed by atoms with Gasteiger partial charge in [0.15, 0.2) is 0 Å². The maximum atomic E-state index is 11.6. The van der Waals surface area contributed by atoms with Crippen molar-refractivity contribution in [3.63, 3.8) is 0 Å². The predicted molar refractivity (Wildman–Crippen MR) is 74.2 cm³/mol. The van der Waals surface area contributed by atoms with Crippen molar-refractivity contribution in [2.75, 3.05) is 5.88 Å². The van der Waals surface area contributed by atoms with Crippen LogP contribution in [-0.4, -0.2) is 11.8 Å². The van der Waals surface area contributed by atoms with Gasteiger partial charge in [0.05, 0.1) is 0 Å². The van der Waals surface area contributed by atoms with E-state index in [1.807, 2.05) is 42.5 Å². The molecule has 3 heteroatoms. The van der Waals surface area contributed by atoms with E-state index >= 15 is 0 Å². The highest BCUT2D eigenvalue weighted by Crippen LogP contribution is 2.21. The molecule has 0 fully saturated rings. The first-order valence-corrected chi connectivity index (χ1v) is 6.58. The summed E-state index contributed by atoms with van der Waals surface area (Å²) in [4.78, 5) is 11.6. The molecule has 0 bridgehead atoms. The molecule has 0 radical (unpaired) electrons. The van der Waals surface area contributed by atoms with Crippen molar-refractivity contribution >= 4 is 28.3 Å². The van der Waals surface area contributed by atoms with Gasteiger partial charge in [-0.2, -0.15) is 0 Å². The molecule has 94 valence electrons. The van der Waals surface area contributed by atoms with Crippen LogP contribution in [0.1, 0.15) is 19.3 Å². The lowest BCUT2D eigenvalue weighted by Gasteiger charge is -2.05. The molecule has 0 aliphatic heterocycles. The number of fused-ring (bicyclic) bond motifs is 1. The van der Waals surface area contributed by atoms with E-state index < -0.39 is 0 Å². The van der Waals surface area contributed by atoms with Crippen LogP contribution < -0.4 is 4.74 Å². The normalized spacial score (nSPS) is 10.5. The average Bonchev–Trinajstić information content (AvgIpc) is 2.39. The first kappa shape index (κ1) is 12.9. The molecule has 0 aromatic heterocycles. The number of benzene rings is 2. The van der Waals surface area contributed by atoms with Crippen LogP contribution in [0.15, 0.2) is 42.5 Å². The van der Waals surface area contributed by atoms with Crippen LogP contribution in [0.25, 0.3) is 10.8 Å². The van der Waals surface area contributed by atoms with Gasteiger partial charge in [0.25, 0.3) is 0 Å². The van der Waals surface area contributed by atoms with Crippen LogP contribution in [0.4, 0.5) is 0 Å². The smallest absolute Gasteiger partial charge is 0.311 e. The molecule has 2 rings (SSSR count). The first-order valence-electron chi connectivity index (χ1n) is 6.05. The zero-order valence-corrected chi connectivity index (χ0v) is 10.8. The van der Waals surface area contributed by atoms with E-state index in [9.17, 15) is 4.79 Å². The maximum absolute atomic E-state index is 11.6. The summed E-state index contributed by atoms with van der Waals surface area (Å²) < 4.78 is 5.29. The van der Waals surface area contributed by atoms with Crippen LogP contribution in [0.3, 0.4) is 0 Å². The van der Waals surface area contributed by atoms with Crippen molar-refractivity contribution in [3.05, 3.63) is 42.5 Å². The van der Waals surface area contributed by atoms with Crippen molar-refractivity contribution in [1.82, 2.24) is 0 Å². The van der Waals surface area contributed by atoms with Crippen molar-refractivity contribution in [2.45, 2.75) is 19.3 Å². The molecule has 0 saturated carbocycles. The van der Waals surface area contributed by atoms with Gasteiger partial charge in [-0.05, 0) is 35.7 Å². The number of carbonyl (C=O) groups is 1. The molecular formula is C15H15ClO2. The molecule has 0 N–H and O–H groups in total. The van der Waals surface area contributed by atoms with Crippen molar-refractivity contribution in [3.8, 4) is 5.75 Å². The third-order valence-electron chi connectivity index (χ3n) is 2.72. The fraction of sp³-hybridized carbons (Fsp3) is 0.267. The largest absolute Gasteiger partial charge is 0.427 e. The number of halogens is 1. The number of hydrogen-bond acceptors (Lipinski definition) is 2.